The van der Waals surface area contributed by atoms with Crippen LogP contribution < -0.4 is 24.4 Å². The Labute approximate surface area is 218 Å². The lowest BCUT2D eigenvalue weighted by Gasteiger charge is -2.34. The number of fused-ring (bicyclic) bond motifs is 1. The van der Waals surface area contributed by atoms with Crippen LogP contribution in [0.25, 0.3) is 10.9 Å². The maximum absolute atomic E-state index is 13.1. The summed E-state index contributed by atoms with van der Waals surface area (Å²) in [6.45, 7) is 7.92. The molecule has 1 atom stereocenters. The number of rotatable bonds is 11. The first-order chi connectivity index (χ1) is 18.1. The molecule has 1 aliphatic heterocycles. The SMILES string of the molecule is CCN(CC)C(=O)C1CCCN(c2nc(NCCOc3ccccc3)c3cc(OC)c(OC)cc3n2)C1. The van der Waals surface area contributed by atoms with Crippen LogP contribution in [-0.4, -0.2) is 74.3 Å². The average molecular weight is 508 g/mol. The number of carbonyl (C=O) groups excluding carboxylic acids is 1. The molecule has 1 aliphatic rings. The van der Waals surface area contributed by atoms with Gasteiger partial charge in [-0.25, -0.2) is 4.98 Å². The first kappa shape index (κ1) is 26.3. The lowest BCUT2D eigenvalue weighted by atomic mass is 9.96. The lowest BCUT2D eigenvalue weighted by molar-refractivity contribution is -0.135. The molecule has 1 fully saturated rings. The predicted octanol–water partition coefficient (Wildman–Crippen LogP) is 4.22. The fourth-order valence-electron chi connectivity index (χ4n) is 4.73. The molecule has 1 amide bonds. The van der Waals surface area contributed by atoms with Crippen LogP contribution in [0.1, 0.15) is 26.7 Å². The number of hydrogen-bond acceptors (Lipinski definition) is 8. The van der Waals surface area contributed by atoms with Crippen LogP contribution in [0.4, 0.5) is 11.8 Å². The lowest BCUT2D eigenvalue weighted by Crippen LogP contribution is -2.45. The van der Waals surface area contributed by atoms with Gasteiger partial charge in [0, 0.05) is 37.6 Å². The second-order valence-electron chi connectivity index (χ2n) is 8.98. The number of hydrogen-bond donors (Lipinski definition) is 1. The molecule has 1 unspecified atom stereocenters. The van der Waals surface area contributed by atoms with Crippen molar-refractivity contribution >= 4 is 28.6 Å². The molecule has 1 saturated heterocycles. The Morgan fingerprint density at radius 1 is 1.08 bits per heavy atom. The van der Waals surface area contributed by atoms with Crippen molar-refractivity contribution in [2.45, 2.75) is 26.7 Å². The summed E-state index contributed by atoms with van der Waals surface area (Å²) in [5, 5.41) is 4.25. The Balaban J connectivity index is 1.60. The van der Waals surface area contributed by atoms with Gasteiger partial charge in [0.2, 0.25) is 11.9 Å². The van der Waals surface area contributed by atoms with E-state index in [0.29, 0.717) is 43.0 Å². The van der Waals surface area contributed by atoms with Gasteiger partial charge in [-0.3, -0.25) is 4.79 Å². The quantitative estimate of drug-likeness (QED) is 0.386. The number of ether oxygens (including phenoxy) is 3. The Hall–Kier alpha value is -3.75. The molecule has 9 heteroatoms. The highest BCUT2D eigenvalue weighted by Gasteiger charge is 2.30. The third-order valence-corrected chi connectivity index (χ3v) is 6.72. The second-order valence-corrected chi connectivity index (χ2v) is 8.98. The number of para-hydroxylation sites is 1. The number of piperidine rings is 1. The van der Waals surface area contributed by atoms with E-state index in [1.165, 1.54) is 0 Å². The standard InChI is InChI=1S/C28H37N5O4/c1-5-32(6-2)27(34)20-11-10-15-33(19-20)28-30-23-18-25(36-4)24(35-3)17-22(23)26(31-28)29-14-16-37-21-12-8-7-9-13-21/h7-9,12-13,17-18,20H,5-6,10-11,14-16,19H2,1-4H3,(H,29,30,31). The molecule has 0 aliphatic carbocycles. The van der Waals surface area contributed by atoms with Gasteiger partial charge in [0.05, 0.1) is 32.2 Å². The van der Waals surface area contributed by atoms with Crippen molar-refractivity contribution in [3.8, 4) is 17.2 Å². The summed E-state index contributed by atoms with van der Waals surface area (Å²) in [5.41, 5.74) is 0.742. The zero-order chi connectivity index (χ0) is 26.2. The summed E-state index contributed by atoms with van der Waals surface area (Å²) in [7, 11) is 3.22. The van der Waals surface area contributed by atoms with Gasteiger partial charge in [-0.2, -0.15) is 4.98 Å². The van der Waals surface area contributed by atoms with Gasteiger partial charge in [-0.1, -0.05) is 18.2 Å². The largest absolute Gasteiger partial charge is 0.493 e. The third-order valence-electron chi connectivity index (χ3n) is 6.72. The maximum atomic E-state index is 13.1. The second kappa shape index (κ2) is 12.5. The van der Waals surface area contributed by atoms with Gasteiger partial charge in [-0.15, -0.1) is 0 Å². The van der Waals surface area contributed by atoms with Crippen molar-refractivity contribution in [2.24, 2.45) is 5.92 Å². The summed E-state index contributed by atoms with van der Waals surface area (Å²) in [6, 6.07) is 13.5. The maximum Gasteiger partial charge on any atom is 0.227 e. The Morgan fingerprint density at radius 3 is 2.51 bits per heavy atom. The molecule has 9 nitrogen and oxygen atoms in total. The van der Waals surface area contributed by atoms with E-state index in [1.807, 2.05) is 61.2 Å². The molecule has 0 radical (unpaired) electrons. The summed E-state index contributed by atoms with van der Waals surface area (Å²) >= 11 is 0. The monoisotopic (exact) mass is 507 g/mol. The van der Waals surface area contributed by atoms with Gasteiger partial charge >= 0.3 is 0 Å². The van der Waals surface area contributed by atoms with Crippen LogP contribution in [0, 0.1) is 5.92 Å². The molecule has 2 heterocycles. The normalized spacial score (nSPS) is 15.4. The van der Waals surface area contributed by atoms with Gasteiger partial charge in [0.15, 0.2) is 11.5 Å². The summed E-state index contributed by atoms with van der Waals surface area (Å²) in [4.78, 5) is 26.9. The van der Waals surface area contributed by atoms with E-state index in [4.69, 9.17) is 24.2 Å². The van der Waals surface area contributed by atoms with Crippen molar-refractivity contribution < 1.29 is 19.0 Å². The number of anilines is 2. The number of aromatic nitrogens is 2. The molecular weight excluding hydrogens is 470 g/mol. The number of nitrogens with one attached hydrogen (secondary N) is 1. The van der Waals surface area contributed by atoms with E-state index >= 15 is 0 Å². The predicted molar refractivity (Wildman–Crippen MR) is 146 cm³/mol. The number of nitrogens with zero attached hydrogens (tertiary/aromatic N) is 4. The smallest absolute Gasteiger partial charge is 0.227 e. The number of benzene rings is 2. The zero-order valence-corrected chi connectivity index (χ0v) is 22.2. The topological polar surface area (TPSA) is 89.1 Å². The van der Waals surface area contributed by atoms with Crippen LogP contribution in [0.15, 0.2) is 42.5 Å². The van der Waals surface area contributed by atoms with Crippen molar-refractivity contribution in [2.75, 3.05) is 63.8 Å². The molecule has 37 heavy (non-hydrogen) atoms. The highest BCUT2D eigenvalue weighted by molar-refractivity contribution is 5.93. The van der Waals surface area contributed by atoms with E-state index in [2.05, 4.69) is 10.2 Å². The number of amides is 1. The van der Waals surface area contributed by atoms with Crippen LogP contribution in [-0.2, 0) is 4.79 Å². The van der Waals surface area contributed by atoms with Crippen LogP contribution >= 0.6 is 0 Å². The molecule has 4 rings (SSSR count). The fraction of sp³-hybridized carbons (Fsp3) is 0.464. The average Bonchev–Trinajstić information content (AvgIpc) is 2.95. The van der Waals surface area contributed by atoms with Gasteiger partial charge in [0.25, 0.3) is 0 Å². The summed E-state index contributed by atoms with van der Waals surface area (Å²) in [5.74, 6) is 3.47. The van der Waals surface area contributed by atoms with Crippen molar-refractivity contribution in [3.63, 3.8) is 0 Å². The molecule has 1 N–H and O–H groups in total. The third kappa shape index (κ3) is 6.15. The molecule has 2 aromatic carbocycles. The minimum atomic E-state index is -0.0611. The van der Waals surface area contributed by atoms with Gasteiger partial charge in [-0.05, 0) is 44.9 Å². The molecule has 0 saturated carbocycles. The van der Waals surface area contributed by atoms with Gasteiger partial charge in [0.1, 0.15) is 18.2 Å². The van der Waals surface area contributed by atoms with E-state index < -0.39 is 0 Å². The van der Waals surface area contributed by atoms with Crippen molar-refractivity contribution in [1.82, 2.24) is 14.9 Å². The number of methoxy groups -OCH3 is 2. The highest BCUT2D eigenvalue weighted by Crippen LogP contribution is 2.35. The van der Waals surface area contributed by atoms with E-state index in [9.17, 15) is 4.79 Å². The van der Waals surface area contributed by atoms with E-state index in [0.717, 1.165) is 49.1 Å². The highest BCUT2D eigenvalue weighted by atomic mass is 16.5. The van der Waals surface area contributed by atoms with Crippen molar-refractivity contribution in [3.05, 3.63) is 42.5 Å². The molecule has 1 aromatic heterocycles. The van der Waals surface area contributed by atoms with E-state index in [-0.39, 0.29) is 11.8 Å². The van der Waals surface area contributed by atoms with Crippen LogP contribution in [0.5, 0.6) is 17.2 Å². The fourth-order valence-corrected chi connectivity index (χ4v) is 4.73. The van der Waals surface area contributed by atoms with Crippen LogP contribution in [0.2, 0.25) is 0 Å². The molecule has 198 valence electrons. The Kier molecular flexibility index (Phi) is 8.87. The first-order valence-corrected chi connectivity index (χ1v) is 13.0. The minimum Gasteiger partial charge on any atom is -0.493 e. The summed E-state index contributed by atoms with van der Waals surface area (Å²) < 4.78 is 16.9. The van der Waals surface area contributed by atoms with Crippen LogP contribution in [0.3, 0.4) is 0 Å². The first-order valence-electron chi connectivity index (χ1n) is 13.0. The Morgan fingerprint density at radius 2 is 1.81 bits per heavy atom. The van der Waals surface area contributed by atoms with Crippen molar-refractivity contribution in [1.29, 1.82) is 0 Å². The van der Waals surface area contributed by atoms with E-state index in [1.54, 1.807) is 14.2 Å². The zero-order valence-electron chi connectivity index (χ0n) is 22.2. The Bertz CT molecular complexity index is 1190. The molecule has 3 aromatic rings. The number of carbonyl (C=O) groups is 1. The summed E-state index contributed by atoms with van der Waals surface area (Å²) in [6.07, 6.45) is 1.80. The molecular formula is C28H37N5O4. The van der Waals surface area contributed by atoms with Gasteiger partial charge < -0.3 is 29.3 Å². The molecule has 0 spiro atoms. The minimum absolute atomic E-state index is 0.0611. The molecule has 0 bridgehead atoms.